The summed E-state index contributed by atoms with van der Waals surface area (Å²) >= 11 is 0. The number of aromatic nitrogens is 3. The van der Waals surface area contributed by atoms with Gasteiger partial charge in [0.25, 0.3) is 5.91 Å². The van der Waals surface area contributed by atoms with E-state index in [-0.39, 0.29) is 11.8 Å². The van der Waals surface area contributed by atoms with Crippen LogP contribution in [0, 0.1) is 0 Å². The second kappa shape index (κ2) is 10.3. The maximum absolute atomic E-state index is 13.0. The molecule has 10 heteroatoms. The normalized spacial score (nSPS) is 14.6. The summed E-state index contributed by atoms with van der Waals surface area (Å²) in [5.74, 6) is -0.0732. The minimum absolute atomic E-state index is 0.168. The molecule has 3 aromatic heterocycles. The molecule has 0 bridgehead atoms. The fraction of sp³-hybridized carbons (Fsp3) is 0.161. The smallest absolute Gasteiger partial charge is 0.423 e. The lowest BCUT2D eigenvalue weighted by Crippen LogP contribution is -2.28. The molecular weight excluding hydrogens is 517 g/mol. The predicted molar refractivity (Wildman–Crippen MR) is 156 cm³/mol. The van der Waals surface area contributed by atoms with Crippen molar-refractivity contribution >= 4 is 41.1 Å². The molecule has 5 heterocycles. The zero-order valence-corrected chi connectivity index (χ0v) is 22.1. The Hall–Kier alpha value is -4.80. The van der Waals surface area contributed by atoms with Crippen molar-refractivity contribution in [3.05, 3.63) is 96.1 Å². The van der Waals surface area contributed by atoms with Crippen LogP contribution in [0.15, 0.2) is 79.3 Å². The monoisotopic (exact) mass is 543 g/mol. The van der Waals surface area contributed by atoms with E-state index < -0.39 is 7.12 Å². The Morgan fingerprint density at radius 2 is 1.90 bits per heavy atom. The largest absolute Gasteiger partial charge is 0.491 e. The lowest BCUT2D eigenvalue weighted by molar-refractivity contribution is -0.117. The number of hydrogen-bond donors (Lipinski definition) is 3. The van der Waals surface area contributed by atoms with Crippen molar-refractivity contribution in [3.63, 3.8) is 0 Å². The number of carbonyl (C=O) groups is 2. The van der Waals surface area contributed by atoms with E-state index in [1.807, 2.05) is 65.7 Å². The van der Waals surface area contributed by atoms with Gasteiger partial charge in [0.1, 0.15) is 11.3 Å². The fourth-order valence-corrected chi connectivity index (χ4v) is 5.57. The molecule has 2 aliphatic heterocycles. The average Bonchev–Trinajstić information content (AvgIpc) is 3.74. The highest BCUT2D eigenvalue weighted by Crippen LogP contribution is 2.32. The molecule has 7 rings (SSSR count). The van der Waals surface area contributed by atoms with Gasteiger partial charge in [-0.2, -0.15) is 0 Å². The van der Waals surface area contributed by atoms with E-state index in [1.54, 1.807) is 12.4 Å². The van der Waals surface area contributed by atoms with Crippen LogP contribution in [-0.4, -0.2) is 45.5 Å². The van der Waals surface area contributed by atoms with Crippen LogP contribution < -0.4 is 15.7 Å². The molecule has 0 unspecified atom stereocenters. The summed E-state index contributed by atoms with van der Waals surface area (Å²) in [5.41, 5.74) is 8.33. The van der Waals surface area contributed by atoms with Crippen molar-refractivity contribution in [2.75, 3.05) is 11.4 Å². The van der Waals surface area contributed by atoms with Crippen molar-refractivity contribution in [2.45, 2.75) is 26.0 Å². The fourth-order valence-electron chi connectivity index (χ4n) is 5.57. The van der Waals surface area contributed by atoms with Gasteiger partial charge >= 0.3 is 7.12 Å². The molecule has 3 N–H and O–H groups in total. The predicted octanol–water partition coefficient (Wildman–Crippen LogP) is 3.57. The maximum Gasteiger partial charge on any atom is 0.491 e. The van der Waals surface area contributed by atoms with Gasteiger partial charge in [0.2, 0.25) is 5.91 Å². The number of fused-ring (bicyclic) bond motifs is 2. The number of rotatable bonds is 6. The van der Waals surface area contributed by atoms with Crippen LogP contribution in [0.3, 0.4) is 0 Å². The first kappa shape index (κ1) is 25.2. The molecule has 9 nitrogen and oxygen atoms in total. The molecule has 0 aliphatic carbocycles. The summed E-state index contributed by atoms with van der Waals surface area (Å²) in [6.45, 7) is 1.46. The Morgan fingerprint density at radius 3 is 2.73 bits per heavy atom. The third-order valence-corrected chi connectivity index (χ3v) is 7.73. The molecule has 202 valence electrons. The highest BCUT2D eigenvalue weighted by molar-refractivity contribution is 6.61. The third kappa shape index (κ3) is 4.77. The van der Waals surface area contributed by atoms with E-state index >= 15 is 0 Å². The first-order chi connectivity index (χ1) is 20.0. The van der Waals surface area contributed by atoms with Gasteiger partial charge in [-0.1, -0.05) is 30.3 Å². The zero-order chi connectivity index (χ0) is 27.9. The van der Waals surface area contributed by atoms with E-state index in [0.717, 1.165) is 62.9 Å². The van der Waals surface area contributed by atoms with Crippen molar-refractivity contribution < 1.29 is 19.3 Å². The van der Waals surface area contributed by atoms with Gasteiger partial charge in [0, 0.05) is 60.3 Å². The Labute approximate surface area is 236 Å². The SMILES string of the molecule is O=C(NCc1ccc2c(c1)COB2O)c1cc2c(-c3cncc(-c4ccc(N5CCCC5=O)cc4)c3)ccnc2[nH]1. The number of aromatic amines is 1. The highest BCUT2D eigenvalue weighted by atomic mass is 16.5. The summed E-state index contributed by atoms with van der Waals surface area (Å²) in [6.07, 6.45) is 6.83. The number of anilines is 1. The maximum atomic E-state index is 13.0. The van der Waals surface area contributed by atoms with Gasteiger partial charge in [0.05, 0.1) is 6.61 Å². The summed E-state index contributed by atoms with van der Waals surface area (Å²) in [5, 5.41) is 13.6. The Balaban J connectivity index is 1.11. The van der Waals surface area contributed by atoms with Crippen molar-refractivity contribution in [1.82, 2.24) is 20.3 Å². The van der Waals surface area contributed by atoms with Crippen LogP contribution in [0.25, 0.3) is 33.3 Å². The second-order valence-electron chi connectivity index (χ2n) is 10.3. The summed E-state index contributed by atoms with van der Waals surface area (Å²) in [4.78, 5) is 39.0. The molecule has 41 heavy (non-hydrogen) atoms. The molecule has 1 saturated heterocycles. The number of nitrogens with one attached hydrogen (secondary N) is 2. The molecule has 2 amide bonds. The van der Waals surface area contributed by atoms with Gasteiger partial charge in [-0.25, -0.2) is 4.98 Å². The quantitative estimate of drug-likeness (QED) is 0.282. The molecule has 2 aliphatic rings. The van der Waals surface area contributed by atoms with E-state index in [1.165, 1.54) is 0 Å². The molecule has 1 fully saturated rings. The number of carbonyl (C=O) groups excluding carboxylic acids is 2. The van der Waals surface area contributed by atoms with Crippen molar-refractivity contribution in [2.24, 2.45) is 0 Å². The first-order valence-electron chi connectivity index (χ1n) is 13.6. The first-order valence-corrected chi connectivity index (χ1v) is 13.6. The molecule has 0 atom stereocenters. The average molecular weight is 543 g/mol. The molecule has 0 spiro atoms. The number of nitrogens with zero attached hydrogens (tertiary/aromatic N) is 3. The van der Waals surface area contributed by atoms with Crippen LogP contribution in [0.5, 0.6) is 0 Å². The number of benzene rings is 2. The van der Waals surface area contributed by atoms with E-state index in [0.29, 0.717) is 30.9 Å². The number of amides is 2. The minimum Gasteiger partial charge on any atom is -0.423 e. The summed E-state index contributed by atoms with van der Waals surface area (Å²) in [7, 11) is -0.884. The Bertz CT molecular complexity index is 1800. The molecule has 2 aromatic carbocycles. The van der Waals surface area contributed by atoms with E-state index in [9.17, 15) is 14.6 Å². The second-order valence-corrected chi connectivity index (χ2v) is 10.3. The van der Waals surface area contributed by atoms with E-state index in [4.69, 9.17) is 4.65 Å². The highest BCUT2D eigenvalue weighted by Gasteiger charge is 2.27. The molecule has 5 aromatic rings. The van der Waals surface area contributed by atoms with Crippen LogP contribution in [-0.2, 0) is 22.6 Å². The van der Waals surface area contributed by atoms with E-state index in [2.05, 4.69) is 26.3 Å². The van der Waals surface area contributed by atoms with Crippen LogP contribution in [0.4, 0.5) is 5.69 Å². The zero-order valence-electron chi connectivity index (χ0n) is 22.1. The Kier molecular flexibility index (Phi) is 6.33. The van der Waals surface area contributed by atoms with Gasteiger partial charge in [0.15, 0.2) is 0 Å². The van der Waals surface area contributed by atoms with Crippen molar-refractivity contribution in [3.8, 4) is 22.3 Å². The number of pyridine rings is 2. The number of hydrogen-bond acceptors (Lipinski definition) is 6. The van der Waals surface area contributed by atoms with Gasteiger partial charge in [-0.15, -0.1) is 0 Å². The van der Waals surface area contributed by atoms with Gasteiger partial charge in [-0.3, -0.25) is 14.6 Å². The van der Waals surface area contributed by atoms with Crippen LogP contribution in [0.1, 0.15) is 34.5 Å². The van der Waals surface area contributed by atoms with Gasteiger partial charge in [-0.05, 0) is 64.5 Å². The molecule has 0 radical (unpaired) electrons. The van der Waals surface area contributed by atoms with Crippen LogP contribution in [0.2, 0.25) is 0 Å². The Morgan fingerprint density at radius 1 is 1.05 bits per heavy atom. The lowest BCUT2D eigenvalue weighted by atomic mass is 9.79. The van der Waals surface area contributed by atoms with Gasteiger partial charge < -0.3 is 24.9 Å². The molecule has 0 saturated carbocycles. The standard InChI is InChI=1S/C31H26BN5O4/c38-29-2-1-11-37(29)24-6-4-20(5-7-24)21-13-22(17-33-16-21)25-9-10-34-30-26(25)14-28(36-30)31(39)35-15-19-3-8-27-23(12-19)18-41-32(27)40/h3-10,12-14,16-17,40H,1-2,11,15,18H2,(H,34,36)(H,35,39). The van der Waals surface area contributed by atoms with Crippen LogP contribution >= 0.6 is 0 Å². The third-order valence-electron chi connectivity index (χ3n) is 7.73. The lowest BCUT2D eigenvalue weighted by Gasteiger charge is -2.16. The summed E-state index contributed by atoms with van der Waals surface area (Å²) < 4.78 is 5.25. The minimum atomic E-state index is -0.884. The number of H-pyrrole nitrogens is 1. The molecular formula is C31H26BN5O4. The topological polar surface area (TPSA) is 120 Å². The van der Waals surface area contributed by atoms with Crippen molar-refractivity contribution in [1.29, 1.82) is 0 Å². The summed E-state index contributed by atoms with van der Waals surface area (Å²) in [6, 6.07) is 19.4.